The third-order valence-electron chi connectivity index (χ3n) is 3.59. The first-order valence-electron chi connectivity index (χ1n) is 7.34. The summed E-state index contributed by atoms with van der Waals surface area (Å²) in [5, 5.41) is 4.11. The van der Waals surface area contributed by atoms with Crippen molar-refractivity contribution in [2.45, 2.75) is 11.1 Å². The summed E-state index contributed by atoms with van der Waals surface area (Å²) in [7, 11) is -4.17. The Hall–Kier alpha value is -3.15. The number of nitrogens with one attached hydrogen (secondary N) is 2. The topological polar surface area (TPSA) is 108 Å². The molecule has 27 heavy (non-hydrogen) atoms. The molecule has 1 aliphatic heterocycles. The Bertz CT molecular complexity index is 1010. The van der Waals surface area contributed by atoms with Crippen LogP contribution in [-0.4, -0.2) is 37.9 Å². The molecule has 0 fully saturated rings. The zero-order chi connectivity index (χ0) is 19.8. The highest BCUT2D eigenvalue weighted by Gasteiger charge is 2.38. The summed E-state index contributed by atoms with van der Waals surface area (Å²) >= 11 is 0. The second-order valence-corrected chi connectivity index (χ2v) is 7.29. The molecule has 3 rings (SSSR count). The maximum Gasteiger partial charge on any atom is 0.471 e. The van der Waals surface area contributed by atoms with E-state index in [4.69, 9.17) is 0 Å². The predicted octanol–water partition coefficient (Wildman–Crippen LogP) is 1.73. The predicted molar refractivity (Wildman–Crippen MR) is 88.5 cm³/mol. The van der Waals surface area contributed by atoms with E-state index in [0.29, 0.717) is 0 Å². The lowest BCUT2D eigenvalue weighted by molar-refractivity contribution is -0.167. The van der Waals surface area contributed by atoms with E-state index in [-0.39, 0.29) is 22.0 Å². The Morgan fingerprint density at radius 3 is 2.48 bits per heavy atom. The zero-order valence-corrected chi connectivity index (χ0v) is 14.1. The standard InChI is InChI=1S/C15H11F3N4O4S/c16-15(17,18)14(24)20-9-1-3-10(4-2-9)27(25,26)22-8-13(23)21-11-7-19-6-5-12(11)22/h1-7H,8H2,(H,20,24)(H,21,23). The molecule has 12 heteroatoms. The SMILES string of the molecule is O=C1CN(S(=O)(=O)c2ccc(NC(=O)C(F)(F)F)cc2)c2ccncc2N1. The molecule has 1 aliphatic rings. The summed E-state index contributed by atoms with van der Waals surface area (Å²) in [5.74, 6) is -2.74. The van der Waals surface area contributed by atoms with Crippen molar-refractivity contribution in [2.75, 3.05) is 21.5 Å². The highest BCUT2D eigenvalue weighted by molar-refractivity contribution is 7.92. The number of hydrogen-bond acceptors (Lipinski definition) is 5. The molecule has 2 N–H and O–H groups in total. The normalized spacial score (nSPS) is 14.3. The summed E-state index contributed by atoms with van der Waals surface area (Å²) in [4.78, 5) is 26.3. The van der Waals surface area contributed by atoms with Gasteiger partial charge in [0, 0.05) is 11.9 Å². The number of carbonyl (C=O) groups is 2. The average molecular weight is 400 g/mol. The number of halogens is 3. The van der Waals surface area contributed by atoms with E-state index in [2.05, 4.69) is 10.3 Å². The van der Waals surface area contributed by atoms with Crippen LogP contribution in [0.15, 0.2) is 47.6 Å². The molecule has 0 atom stereocenters. The smallest absolute Gasteiger partial charge is 0.321 e. The van der Waals surface area contributed by atoms with Gasteiger partial charge in [-0.25, -0.2) is 8.42 Å². The van der Waals surface area contributed by atoms with E-state index in [1.54, 1.807) is 5.32 Å². The van der Waals surface area contributed by atoms with Gasteiger partial charge in [0.25, 0.3) is 10.0 Å². The van der Waals surface area contributed by atoms with Crippen LogP contribution in [0.2, 0.25) is 0 Å². The fourth-order valence-electron chi connectivity index (χ4n) is 2.36. The molecule has 142 valence electrons. The number of anilines is 3. The lowest BCUT2D eigenvalue weighted by atomic mass is 10.3. The third-order valence-corrected chi connectivity index (χ3v) is 5.36. The number of nitrogens with zero attached hydrogens (tertiary/aromatic N) is 2. The van der Waals surface area contributed by atoms with Crippen molar-refractivity contribution in [3.63, 3.8) is 0 Å². The minimum atomic E-state index is -5.07. The molecular weight excluding hydrogens is 389 g/mol. The van der Waals surface area contributed by atoms with Crippen molar-refractivity contribution in [1.29, 1.82) is 0 Å². The minimum absolute atomic E-state index is 0.207. The Kier molecular flexibility index (Phi) is 4.51. The van der Waals surface area contributed by atoms with Crippen LogP contribution in [0, 0.1) is 0 Å². The number of amides is 2. The summed E-state index contributed by atoms with van der Waals surface area (Å²) in [6.07, 6.45) is -2.41. The van der Waals surface area contributed by atoms with E-state index in [1.165, 1.54) is 18.5 Å². The first-order valence-corrected chi connectivity index (χ1v) is 8.78. The van der Waals surface area contributed by atoms with Crippen molar-refractivity contribution in [2.24, 2.45) is 0 Å². The molecule has 1 aromatic carbocycles. The van der Waals surface area contributed by atoms with Gasteiger partial charge in [-0.2, -0.15) is 13.2 Å². The maximum absolute atomic E-state index is 12.8. The second-order valence-electron chi connectivity index (χ2n) is 5.43. The van der Waals surface area contributed by atoms with Crippen molar-refractivity contribution < 1.29 is 31.2 Å². The summed E-state index contributed by atoms with van der Waals surface area (Å²) < 4.78 is 63.4. The summed E-state index contributed by atoms with van der Waals surface area (Å²) in [6, 6.07) is 5.52. The van der Waals surface area contributed by atoms with Gasteiger partial charge in [-0.05, 0) is 30.3 Å². The number of sulfonamides is 1. The molecule has 0 spiro atoms. The van der Waals surface area contributed by atoms with Crippen LogP contribution in [-0.2, 0) is 19.6 Å². The van der Waals surface area contributed by atoms with Gasteiger partial charge < -0.3 is 10.6 Å². The molecule has 0 bridgehead atoms. The number of aromatic nitrogens is 1. The first-order chi connectivity index (χ1) is 12.6. The highest BCUT2D eigenvalue weighted by atomic mass is 32.2. The van der Waals surface area contributed by atoms with E-state index in [9.17, 15) is 31.2 Å². The van der Waals surface area contributed by atoms with E-state index in [0.717, 1.165) is 28.6 Å². The molecule has 2 amide bonds. The molecule has 0 unspecified atom stereocenters. The summed E-state index contributed by atoms with van der Waals surface area (Å²) in [5.41, 5.74) is 0.197. The quantitative estimate of drug-likeness (QED) is 0.816. The first kappa shape index (κ1) is 18.6. The number of benzene rings is 1. The molecule has 2 heterocycles. The van der Waals surface area contributed by atoms with Crippen molar-refractivity contribution in [3.05, 3.63) is 42.7 Å². The van der Waals surface area contributed by atoms with Crippen LogP contribution in [0.25, 0.3) is 0 Å². The number of hydrogen-bond donors (Lipinski definition) is 2. The van der Waals surface area contributed by atoms with Crippen LogP contribution in [0.5, 0.6) is 0 Å². The molecular formula is C15H11F3N4O4S. The van der Waals surface area contributed by atoms with Crippen LogP contribution < -0.4 is 14.9 Å². The molecule has 0 radical (unpaired) electrons. The number of pyridine rings is 1. The van der Waals surface area contributed by atoms with E-state index in [1.807, 2.05) is 0 Å². The lowest BCUT2D eigenvalue weighted by Gasteiger charge is -2.29. The molecule has 0 saturated heterocycles. The van der Waals surface area contributed by atoms with Gasteiger partial charge in [0.2, 0.25) is 5.91 Å². The van der Waals surface area contributed by atoms with Gasteiger partial charge >= 0.3 is 12.1 Å². The number of fused-ring (bicyclic) bond motifs is 1. The molecule has 2 aromatic rings. The van der Waals surface area contributed by atoms with Gasteiger partial charge in [-0.1, -0.05) is 0 Å². The van der Waals surface area contributed by atoms with Gasteiger partial charge in [0.1, 0.15) is 6.54 Å². The monoisotopic (exact) mass is 400 g/mol. The van der Waals surface area contributed by atoms with Gasteiger partial charge in [0.05, 0.1) is 22.5 Å². The van der Waals surface area contributed by atoms with Crippen LogP contribution >= 0.6 is 0 Å². The Balaban J connectivity index is 1.90. The Labute approximate surface area is 151 Å². The fraction of sp³-hybridized carbons (Fsp3) is 0.133. The maximum atomic E-state index is 12.8. The van der Waals surface area contributed by atoms with Crippen molar-refractivity contribution in [3.8, 4) is 0 Å². The lowest BCUT2D eigenvalue weighted by Crippen LogP contribution is -2.42. The van der Waals surface area contributed by atoms with E-state index < -0.39 is 34.6 Å². The van der Waals surface area contributed by atoms with Crippen LogP contribution in [0.1, 0.15) is 0 Å². The van der Waals surface area contributed by atoms with Crippen LogP contribution in [0.3, 0.4) is 0 Å². The number of rotatable bonds is 3. The average Bonchev–Trinajstić information content (AvgIpc) is 2.60. The largest absolute Gasteiger partial charge is 0.471 e. The number of alkyl halides is 3. The van der Waals surface area contributed by atoms with Crippen molar-refractivity contribution >= 4 is 38.9 Å². The molecule has 8 nitrogen and oxygen atoms in total. The highest BCUT2D eigenvalue weighted by Crippen LogP contribution is 2.33. The van der Waals surface area contributed by atoms with Gasteiger partial charge in [-0.15, -0.1) is 0 Å². The summed E-state index contributed by atoms with van der Waals surface area (Å²) in [6.45, 7) is -0.466. The fourth-order valence-corrected chi connectivity index (χ4v) is 3.80. The second kappa shape index (κ2) is 6.54. The zero-order valence-electron chi connectivity index (χ0n) is 13.3. The van der Waals surface area contributed by atoms with Crippen molar-refractivity contribution in [1.82, 2.24) is 4.98 Å². The molecule has 0 aliphatic carbocycles. The minimum Gasteiger partial charge on any atom is -0.321 e. The molecule has 1 aromatic heterocycles. The van der Waals surface area contributed by atoms with E-state index >= 15 is 0 Å². The molecule has 0 saturated carbocycles. The van der Waals surface area contributed by atoms with Crippen LogP contribution in [0.4, 0.5) is 30.2 Å². The van der Waals surface area contributed by atoms with Gasteiger partial charge in [0.15, 0.2) is 0 Å². The Morgan fingerprint density at radius 1 is 1.19 bits per heavy atom. The van der Waals surface area contributed by atoms with Gasteiger partial charge in [-0.3, -0.25) is 18.9 Å². The number of carbonyl (C=O) groups excluding carboxylic acids is 2. The Morgan fingerprint density at radius 2 is 1.85 bits per heavy atom. The third kappa shape index (κ3) is 3.69.